The Morgan fingerprint density at radius 1 is 1.03 bits per heavy atom. The highest BCUT2D eigenvalue weighted by Crippen LogP contribution is 2.13. The van der Waals surface area contributed by atoms with Crippen LogP contribution < -0.4 is 10.6 Å². The molecule has 0 heterocycles. The van der Waals surface area contributed by atoms with Crippen LogP contribution in [0.25, 0.3) is 0 Å². The monoisotopic (exact) mass is 415 g/mol. The molecule has 0 unspecified atom stereocenters. The van der Waals surface area contributed by atoms with E-state index in [1.54, 1.807) is 12.1 Å². The number of carbonyl (C=O) groups excluding carboxylic acids is 3. The number of hydrogen-bond acceptors (Lipinski definition) is 7. The number of carbonyl (C=O) groups is 3. The van der Waals surface area contributed by atoms with Gasteiger partial charge >= 0.3 is 12.1 Å². The van der Waals surface area contributed by atoms with E-state index in [0.29, 0.717) is 5.56 Å². The summed E-state index contributed by atoms with van der Waals surface area (Å²) >= 11 is 0. The molecule has 0 fully saturated rings. The van der Waals surface area contributed by atoms with Crippen molar-refractivity contribution in [2.45, 2.75) is 19.1 Å². The number of rotatable bonds is 9. The van der Waals surface area contributed by atoms with E-state index in [0.717, 1.165) is 5.56 Å². The Hall–Kier alpha value is -3.95. The molecular formula is C20H21N3O7. The van der Waals surface area contributed by atoms with Gasteiger partial charge in [0, 0.05) is 18.6 Å². The quantitative estimate of drug-likeness (QED) is 0.361. The van der Waals surface area contributed by atoms with Gasteiger partial charge in [0.15, 0.2) is 0 Å². The predicted molar refractivity (Wildman–Crippen MR) is 105 cm³/mol. The lowest BCUT2D eigenvalue weighted by Crippen LogP contribution is -2.47. The number of hydrogen-bond donors (Lipinski definition) is 2. The van der Waals surface area contributed by atoms with Crippen LogP contribution >= 0.6 is 0 Å². The van der Waals surface area contributed by atoms with E-state index in [1.165, 1.54) is 31.4 Å². The number of amides is 2. The minimum absolute atomic E-state index is 0.0548. The van der Waals surface area contributed by atoms with Crippen LogP contribution in [0.2, 0.25) is 0 Å². The molecule has 0 aliphatic rings. The van der Waals surface area contributed by atoms with Crippen molar-refractivity contribution < 1.29 is 28.8 Å². The Labute approximate surface area is 172 Å². The van der Waals surface area contributed by atoms with E-state index in [1.807, 2.05) is 18.2 Å². The standard InChI is InChI=1S/C20H21N3O7/c1-29-19(25)17(11-14-7-9-16(10-8-14)23(27)28)22-18(24)12-21-20(26)30-13-15-5-3-2-4-6-15/h2-10,17H,11-13H2,1H3,(H,21,26)(H,22,24)/t17-/m1/s1. The maximum absolute atomic E-state index is 12.1. The summed E-state index contributed by atoms with van der Waals surface area (Å²) in [4.78, 5) is 46.0. The zero-order valence-corrected chi connectivity index (χ0v) is 16.2. The molecule has 0 aromatic heterocycles. The molecule has 30 heavy (non-hydrogen) atoms. The molecule has 2 aromatic carbocycles. The summed E-state index contributed by atoms with van der Waals surface area (Å²) < 4.78 is 9.69. The Morgan fingerprint density at radius 2 is 1.70 bits per heavy atom. The van der Waals surface area contributed by atoms with Crippen LogP contribution in [0.15, 0.2) is 54.6 Å². The van der Waals surface area contributed by atoms with Gasteiger partial charge in [0.2, 0.25) is 5.91 Å². The summed E-state index contributed by atoms with van der Waals surface area (Å²) in [6.07, 6.45) is -0.714. The van der Waals surface area contributed by atoms with Gasteiger partial charge in [-0.15, -0.1) is 0 Å². The average Bonchev–Trinajstić information content (AvgIpc) is 2.76. The maximum Gasteiger partial charge on any atom is 0.407 e. The maximum atomic E-state index is 12.1. The molecule has 2 aromatic rings. The molecule has 0 saturated heterocycles. The molecule has 10 nitrogen and oxygen atoms in total. The topological polar surface area (TPSA) is 137 Å². The molecule has 10 heteroatoms. The van der Waals surface area contributed by atoms with Gasteiger partial charge in [0.1, 0.15) is 19.2 Å². The summed E-state index contributed by atoms with van der Waals surface area (Å²) in [7, 11) is 1.18. The highest BCUT2D eigenvalue weighted by Gasteiger charge is 2.22. The lowest BCUT2D eigenvalue weighted by Gasteiger charge is -2.17. The number of nitro benzene ring substituents is 1. The van der Waals surface area contributed by atoms with Crippen molar-refractivity contribution in [3.63, 3.8) is 0 Å². The largest absolute Gasteiger partial charge is 0.467 e. The second-order valence-corrected chi connectivity index (χ2v) is 6.19. The van der Waals surface area contributed by atoms with E-state index in [-0.39, 0.29) is 18.7 Å². The first-order valence-corrected chi connectivity index (χ1v) is 8.94. The summed E-state index contributed by atoms with van der Waals surface area (Å²) in [6, 6.07) is 13.6. The number of esters is 1. The highest BCUT2D eigenvalue weighted by molar-refractivity contribution is 5.87. The van der Waals surface area contributed by atoms with Crippen LogP contribution in [0.1, 0.15) is 11.1 Å². The summed E-state index contributed by atoms with van der Waals surface area (Å²) in [5, 5.41) is 15.5. The van der Waals surface area contributed by atoms with Gasteiger partial charge in [-0.1, -0.05) is 42.5 Å². The molecule has 0 spiro atoms. The lowest BCUT2D eigenvalue weighted by molar-refractivity contribution is -0.384. The SMILES string of the molecule is COC(=O)[C@@H](Cc1ccc([N+](=O)[O-])cc1)NC(=O)CNC(=O)OCc1ccccc1. The molecule has 0 aliphatic heterocycles. The molecule has 2 amide bonds. The summed E-state index contributed by atoms with van der Waals surface area (Å²) in [5.41, 5.74) is 1.30. The fraction of sp³-hybridized carbons (Fsp3) is 0.250. The van der Waals surface area contributed by atoms with Crippen LogP contribution in [0, 0.1) is 10.1 Å². The number of benzene rings is 2. The first-order chi connectivity index (χ1) is 14.4. The second kappa shape index (κ2) is 11.1. The molecule has 1 atom stereocenters. The Bertz CT molecular complexity index is 885. The van der Waals surface area contributed by atoms with Gasteiger partial charge in [-0.25, -0.2) is 9.59 Å². The summed E-state index contributed by atoms with van der Waals surface area (Å²) in [5.74, 6) is -1.31. The third-order valence-electron chi connectivity index (χ3n) is 4.01. The van der Waals surface area contributed by atoms with Gasteiger partial charge in [-0.2, -0.15) is 0 Å². The Morgan fingerprint density at radius 3 is 2.30 bits per heavy atom. The van der Waals surface area contributed by atoms with Crippen molar-refractivity contribution in [2.75, 3.05) is 13.7 Å². The van der Waals surface area contributed by atoms with Crippen LogP contribution in [0.3, 0.4) is 0 Å². The third kappa shape index (κ3) is 7.23. The van der Waals surface area contributed by atoms with E-state index in [9.17, 15) is 24.5 Å². The number of nitrogens with zero attached hydrogens (tertiary/aromatic N) is 1. The molecule has 0 bridgehead atoms. The van der Waals surface area contributed by atoms with Crippen molar-refractivity contribution in [3.05, 3.63) is 75.8 Å². The van der Waals surface area contributed by atoms with E-state index < -0.39 is 35.5 Å². The minimum atomic E-state index is -1.02. The van der Waals surface area contributed by atoms with Gasteiger partial charge in [0.25, 0.3) is 5.69 Å². The Kier molecular flexibility index (Phi) is 8.30. The number of alkyl carbamates (subject to hydrolysis) is 1. The smallest absolute Gasteiger partial charge is 0.407 e. The van der Waals surface area contributed by atoms with Crippen molar-refractivity contribution in [1.82, 2.24) is 10.6 Å². The van der Waals surface area contributed by atoms with Gasteiger partial charge in [0.05, 0.1) is 12.0 Å². The first kappa shape index (κ1) is 22.3. The number of methoxy groups -OCH3 is 1. The van der Waals surface area contributed by atoms with Gasteiger partial charge in [-0.05, 0) is 11.1 Å². The van der Waals surface area contributed by atoms with Crippen molar-refractivity contribution >= 4 is 23.7 Å². The van der Waals surface area contributed by atoms with Crippen molar-refractivity contribution in [2.24, 2.45) is 0 Å². The van der Waals surface area contributed by atoms with E-state index in [2.05, 4.69) is 15.4 Å². The van der Waals surface area contributed by atoms with Crippen LogP contribution in [0.5, 0.6) is 0 Å². The molecule has 0 saturated carbocycles. The molecule has 2 rings (SSSR count). The molecular weight excluding hydrogens is 394 g/mol. The lowest BCUT2D eigenvalue weighted by atomic mass is 10.1. The number of nitrogens with one attached hydrogen (secondary N) is 2. The fourth-order valence-electron chi connectivity index (χ4n) is 2.50. The molecule has 158 valence electrons. The van der Waals surface area contributed by atoms with Gasteiger partial charge in [-0.3, -0.25) is 14.9 Å². The molecule has 2 N–H and O–H groups in total. The van der Waals surface area contributed by atoms with Crippen LogP contribution in [-0.4, -0.2) is 42.6 Å². The zero-order valence-electron chi connectivity index (χ0n) is 16.2. The van der Waals surface area contributed by atoms with Crippen molar-refractivity contribution in [1.29, 1.82) is 0 Å². The average molecular weight is 415 g/mol. The van der Waals surface area contributed by atoms with E-state index in [4.69, 9.17) is 4.74 Å². The third-order valence-corrected chi connectivity index (χ3v) is 4.01. The predicted octanol–water partition coefficient (Wildman–Crippen LogP) is 1.72. The first-order valence-electron chi connectivity index (χ1n) is 8.94. The second-order valence-electron chi connectivity index (χ2n) is 6.19. The van der Waals surface area contributed by atoms with E-state index >= 15 is 0 Å². The minimum Gasteiger partial charge on any atom is -0.467 e. The number of ether oxygens (including phenoxy) is 2. The number of nitro groups is 1. The normalized spacial score (nSPS) is 11.1. The summed E-state index contributed by atoms with van der Waals surface area (Å²) in [6.45, 7) is -0.347. The number of non-ortho nitro benzene ring substituents is 1. The highest BCUT2D eigenvalue weighted by atomic mass is 16.6. The van der Waals surface area contributed by atoms with Crippen LogP contribution in [0.4, 0.5) is 10.5 Å². The van der Waals surface area contributed by atoms with Gasteiger partial charge < -0.3 is 20.1 Å². The molecule has 0 radical (unpaired) electrons. The fourth-order valence-corrected chi connectivity index (χ4v) is 2.50. The van der Waals surface area contributed by atoms with Crippen LogP contribution in [-0.2, 0) is 32.1 Å². The molecule has 0 aliphatic carbocycles. The Balaban J connectivity index is 1.84. The zero-order chi connectivity index (χ0) is 21.9. The van der Waals surface area contributed by atoms with Crippen molar-refractivity contribution in [3.8, 4) is 0 Å².